The molecule has 1 aliphatic rings. The Balaban J connectivity index is 1.42. The number of sulfonamides is 1. The Morgan fingerprint density at radius 3 is 2.58 bits per heavy atom. The van der Waals surface area contributed by atoms with Crippen molar-refractivity contribution in [1.82, 2.24) is 10.1 Å². The topological polar surface area (TPSA) is 105 Å². The van der Waals surface area contributed by atoms with Crippen LogP contribution in [0.15, 0.2) is 65.2 Å². The zero-order valence-corrected chi connectivity index (χ0v) is 22.3. The Kier molecular flexibility index (Phi) is 8.93. The van der Waals surface area contributed by atoms with Gasteiger partial charge in [-0.15, -0.1) is 0 Å². The van der Waals surface area contributed by atoms with E-state index in [4.69, 9.17) is 4.52 Å². The summed E-state index contributed by atoms with van der Waals surface area (Å²) in [4.78, 5) is 19.3. The monoisotopic (exact) mass is 540 g/mol. The fraction of sp³-hybridized carbons (Fsp3) is 0.393. The lowest BCUT2D eigenvalue weighted by molar-refractivity contribution is -0.115. The van der Waals surface area contributed by atoms with E-state index in [1.807, 2.05) is 36.4 Å². The van der Waals surface area contributed by atoms with E-state index < -0.39 is 16.7 Å². The van der Waals surface area contributed by atoms with Crippen molar-refractivity contribution in [3.8, 4) is 11.1 Å². The zero-order chi connectivity index (χ0) is 27.1. The molecular weight excluding hydrogens is 507 g/mol. The van der Waals surface area contributed by atoms with E-state index in [2.05, 4.69) is 21.4 Å². The standard InChI is InChI=1S/C28H33FN4O4S/c1-20(16-17-29)28(34)33(18-5-3-4-9-26-30-27(31-37-26)22-10-11-22)25-8-6-7-23(19-25)21-12-14-24(15-13-21)32-38(2,35)36/h6-8,12-15,19,22,32H,1,3-5,9-11,16-18H2,2H3. The van der Waals surface area contributed by atoms with Crippen LogP contribution in [0.1, 0.15) is 56.2 Å². The summed E-state index contributed by atoms with van der Waals surface area (Å²) < 4.78 is 43.7. The molecule has 4 rings (SSSR count). The number of unbranched alkanes of at least 4 members (excludes halogenated alkanes) is 2. The molecule has 1 fully saturated rings. The molecule has 1 amide bonds. The van der Waals surface area contributed by atoms with Gasteiger partial charge in [0.15, 0.2) is 5.82 Å². The number of halogens is 1. The normalized spacial score (nSPS) is 13.3. The highest BCUT2D eigenvalue weighted by Gasteiger charge is 2.28. The minimum atomic E-state index is -3.37. The fourth-order valence-electron chi connectivity index (χ4n) is 4.16. The van der Waals surface area contributed by atoms with E-state index in [0.717, 1.165) is 55.3 Å². The highest BCUT2D eigenvalue weighted by molar-refractivity contribution is 7.92. The second-order valence-corrected chi connectivity index (χ2v) is 11.4. The fourth-order valence-corrected chi connectivity index (χ4v) is 4.72. The van der Waals surface area contributed by atoms with Gasteiger partial charge in [0, 0.05) is 42.3 Å². The predicted octanol–water partition coefficient (Wildman–Crippen LogP) is 5.65. The van der Waals surface area contributed by atoms with Crippen molar-refractivity contribution in [2.45, 2.75) is 50.9 Å². The first kappa shape index (κ1) is 27.5. The molecule has 0 radical (unpaired) electrons. The van der Waals surface area contributed by atoms with E-state index in [9.17, 15) is 17.6 Å². The minimum Gasteiger partial charge on any atom is -0.339 e. The first-order valence-electron chi connectivity index (χ1n) is 12.8. The van der Waals surface area contributed by atoms with Crippen molar-refractivity contribution in [3.05, 3.63) is 72.4 Å². The molecular formula is C28H33FN4O4S. The molecule has 0 spiro atoms. The first-order valence-corrected chi connectivity index (χ1v) is 14.7. The summed E-state index contributed by atoms with van der Waals surface area (Å²) in [5.41, 5.74) is 3.12. The van der Waals surface area contributed by atoms with E-state index in [0.29, 0.717) is 36.1 Å². The highest BCUT2D eigenvalue weighted by Crippen LogP contribution is 2.38. The number of carbonyl (C=O) groups excluding carboxylic acids is 1. The van der Waals surface area contributed by atoms with Gasteiger partial charge in [0.05, 0.1) is 12.9 Å². The summed E-state index contributed by atoms with van der Waals surface area (Å²) in [5, 5.41) is 4.05. The van der Waals surface area contributed by atoms with Gasteiger partial charge in [0.25, 0.3) is 5.91 Å². The van der Waals surface area contributed by atoms with Gasteiger partial charge in [-0.3, -0.25) is 13.9 Å². The Morgan fingerprint density at radius 1 is 1.13 bits per heavy atom. The van der Waals surface area contributed by atoms with E-state index in [1.165, 1.54) is 0 Å². The van der Waals surface area contributed by atoms with Crippen LogP contribution < -0.4 is 9.62 Å². The molecule has 2 aromatic carbocycles. The molecule has 0 saturated heterocycles. The van der Waals surface area contributed by atoms with Crippen LogP contribution in [0.25, 0.3) is 11.1 Å². The number of benzene rings is 2. The van der Waals surface area contributed by atoms with Gasteiger partial charge in [-0.2, -0.15) is 4.98 Å². The average Bonchev–Trinajstić information content (AvgIpc) is 3.63. The highest BCUT2D eigenvalue weighted by atomic mass is 32.2. The van der Waals surface area contributed by atoms with E-state index >= 15 is 0 Å². The van der Waals surface area contributed by atoms with Gasteiger partial charge in [0.2, 0.25) is 15.9 Å². The lowest BCUT2D eigenvalue weighted by atomic mass is 10.0. The Morgan fingerprint density at radius 2 is 1.89 bits per heavy atom. The maximum Gasteiger partial charge on any atom is 0.253 e. The van der Waals surface area contributed by atoms with Gasteiger partial charge in [-0.05, 0) is 61.1 Å². The maximum atomic E-state index is 13.2. The number of aromatic nitrogens is 2. The molecule has 1 N–H and O–H groups in total. The summed E-state index contributed by atoms with van der Waals surface area (Å²) in [5.74, 6) is 1.63. The van der Waals surface area contributed by atoms with Gasteiger partial charge < -0.3 is 9.42 Å². The summed E-state index contributed by atoms with van der Waals surface area (Å²) in [6.07, 6.45) is 6.50. The van der Waals surface area contributed by atoms with Gasteiger partial charge in [0.1, 0.15) is 0 Å². The van der Waals surface area contributed by atoms with Crippen LogP contribution >= 0.6 is 0 Å². The van der Waals surface area contributed by atoms with Crippen LogP contribution in [-0.4, -0.2) is 43.9 Å². The van der Waals surface area contributed by atoms with Crippen LogP contribution in [0, 0.1) is 0 Å². The van der Waals surface area contributed by atoms with E-state index in [1.54, 1.807) is 17.0 Å². The second-order valence-electron chi connectivity index (χ2n) is 9.63. The molecule has 202 valence electrons. The molecule has 0 unspecified atom stereocenters. The molecule has 1 saturated carbocycles. The lowest BCUT2D eigenvalue weighted by Crippen LogP contribution is -2.33. The van der Waals surface area contributed by atoms with Crippen LogP contribution in [-0.2, 0) is 21.2 Å². The quantitative estimate of drug-likeness (QED) is 0.209. The third-order valence-corrected chi connectivity index (χ3v) is 6.93. The number of nitrogens with zero attached hydrogens (tertiary/aromatic N) is 3. The number of nitrogens with one attached hydrogen (secondary N) is 1. The molecule has 38 heavy (non-hydrogen) atoms. The summed E-state index contributed by atoms with van der Waals surface area (Å²) in [7, 11) is -3.37. The van der Waals surface area contributed by atoms with Crippen molar-refractivity contribution in [2.75, 3.05) is 29.1 Å². The number of rotatable bonds is 14. The maximum absolute atomic E-state index is 13.2. The van der Waals surface area contributed by atoms with Crippen LogP contribution in [0.4, 0.5) is 15.8 Å². The van der Waals surface area contributed by atoms with Crippen LogP contribution in [0.5, 0.6) is 0 Å². The number of hydrogen-bond donors (Lipinski definition) is 1. The number of anilines is 2. The molecule has 0 bridgehead atoms. The number of aryl methyl sites for hydroxylation is 1. The first-order chi connectivity index (χ1) is 18.2. The van der Waals surface area contributed by atoms with Crippen molar-refractivity contribution < 1.29 is 22.1 Å². The molecule has 1 aromatic heterocycles. The average molecular weight is 541 g/mol. The number of amides is 1. The predicted molar refractivity (Wildman–Crippen MR) is 146 cm³/mol. The van der Waals surface area contributed by atoms with Gasteiger partial charge in [-0.1, -0.05) is 42.4 Å². The molecule has 1 aliphatic carbocycles. The molecule has 1 heterocycles. The SMILES string of the molecule is C=C(CCF)C(=O)N(CCCCCc1nc(C2CC2)no1)c1cccc(-c2ccc(NS(C)(=O)=O)cc2)c1. The molecule has 0 aliphatic heterocycles. The molecule has 3 aromatic rings. The van der Waals surface area contributed by atoms with E-state index in [-0.39, 0.29) is 17.9 Å². The number of alkyl halides is 1. The molecule has 0 atom stereocenters. The van der Waals surface area contributed by atoms with Gasteiger partial charge in [-0.25, -0.2) is 8.42 Å². The van der Waals surface area contributed by atoms with Crippen molar-refractivity contribution in [2.24, 2.45) is 0 Å². The largest absolute Gasteiger partial charge is 0.339 e. The molecule has 8 nitrogen and oxygen atoms in total. The summed E-state index contributed by atoms with van der Waals surface area (Å²) in [6.45, 7) is 3.62. The third-order valence-electron chi connectivity index (χ3n) is 6.32. The van der Waals surface area contributed by atoms with Crippen molar-refractivity contribution >= 4 is 27.3 Å². The Labute approximate surface area is 223 Å². The van der Waals surface area contributed by atoms with Crippen LogP contribution in [0.2, 0.25) is 0 Å². The third kappa shape index (κ3) is 7.74. The van der Waals surface area contributed by atoms with Crippen LogP contribution in [0.3, 0.4) is 0 Å². The van der Waals surface area contributed by atoms with Crippen molar-refractivity contribution in [3.63, 3.8) is 0 Å². The summed E-state index contributed by atoms with van der Waals surface area (Å²) in [6, 6.07) is 14.5. The number of carbonyl (C=O) groups is 1. The second kappa shape index (κ2) is 12.3. The molecule has 10 heteroatoms. The smallest absolute Gasteiger partial charge is 0.253 e. The minimum absolute atomic E-state index is 0.00961. The number of hydrogen-bond acceptors (Lipinski definition) is 6. The van der Waals surface area contributed by atoms with Gasteiger partial charge >= 0.3 is 0 Å². The zero-order valence-electron chi connectivity index (χ0n) is 21.5. The van der Waals surface area contributed by atoms with Crippen molar-refractivity contribution in [1.29, 1.82) is 0 Å². The Bertz CT molecular complexity index is 1370. The lowest BCUT2D eigenvalue weighted by Gasteiger charge is -2.24. The summed E-state index contributed by atoms with van der Waals surface area (Å²) >= 11 is 0. The Hall–Kier alpha value is -3.53.